The highest BCUT2D eigenvalue weighted by Crippen LogP contribution is 2.10. The number of ether oxygens (including phenoxy) is 1. The van der Waals surface area contributed by atoms with Gasteiger partial charge >= 0.3 is 5.97 Å². The molecule has 50 valence electrons. The Morgan fingerprint density at radius 2 is 2.56 bits per heavy atom. The zero-order valence-electron chi connectivity index (χ0n) is 4.96. The largest absolute Gasteiger partial charge is 0.501 e. The first-order valence-electron chi connectivity index (χ1n) is 2.84. The van der Waals surface area contributed by atoms with E-state index in [0.717, 1.165) is 6.42 Å². The molecule has 0 bridgehead atoms. The van der Waals surface area contributed by atoms with Crippen molar-refractivity contribution < 1.29 is 14.6 Å². The van der Waals surface area contributed by atoms with Crippen LogP contribution in [-0.4, -0.2) is 17.7 Å². The number of rotatable bonds is 1. The molecule has 0 radical (unpaired) electrons. The molecule has 0 aromatic heterocycles. The smallest absolute Gasteiger partial charge is 0.334 e. The summed E-state index contributed by atoms with van der Waals surface area (Å²) in [6.07, 6.45) is 2.78. The fourth-order valence-corrected chi connectivity index (χ4v) is 0.722. The Bertz CT molecular complexity index is 148. The molecule has 0 saturated heterocycles. The third-order valence-corrected chi connectivity index (χ3v) is 1.21. The van der Waals surface area contributed by atoms with Crippen molar-refractivity contribution >= 4 is 5.97 Å². The lowest BCUT2D eigenvalue weighted by Crippen LogP contribution is -2.07. The molecule has 1 aliphatic rings. The van der Waals surface area contributed by atoms with Gasteiger partial charge in [-0.15, -0.1) is 0 Å². The summed E-state index contributed by atoms with van der Waals surface area (Å²) < 4.78 is 4.80. The van der Waals surface area contributed by atoms with Crippen LogP contribution in [0.3, 0.4) is 0 Å². The van der Waals surface area contributed by atoms with Crippen LogP contribution in [0.5, 0.6) is 0 Å². The van der Waals surface area contributed by atoms with Gasteiger partial charge in [-0.2, -0.15) is 0 Å². The molecule has 3 heteroatoms. The van der Waals surface area contributed by atoms with Crippen LogP contribution in [0.25, 0.3) is 0 Å². The first-order chi connectivity index (χ1) is 4.30. The van der Waals surface area contributed by atoms with Crippen molar-refractivity contribution in [1.82, 2.24) is 0 Å². The van der Waals surface area contributed by atoms with E-state index in [0.29, 0.717) is 18.6 Å². The Labute approximate surface area is 52.9 Å². The maximum absolute atomic E-state index is 10.2. The van der Waals surface area contributed by atoms with E-state index in [4.69, 9.17) is 9.84 Å². The number of carbonyl (C=O) groups is 1. The van der Waals surface area contributed by atoms with E-state index in [2.05, 4.69) is 0 Å². The number of carboxylic acid groups (broad SMARTS) is 1. The third-order valence-electron chi connectivity index (χ3n) is 1.21. The molecule has 0 atom stereocenters. The molecule has 1 rings (SSSR count). The van der Waals surface area contributed by atoms with E-state index >= 15 is 0 Å². The lowest BCUT2D eigenvalue weighted by molar-refractivity contribution is -0.133. The van der Waals surface area contributed by atoms with Gasteiger partial charge in [-0.25, -0.2) is 4.79 Å². The zero-order valence-corrected chi connectivity index (χ0v) is 4.96. The third kappa shape index (κ3) is 1.45. The van der Waals surface area contributed by atoms with Crippen LogP contribution in [0.15, 0.2) is 11.8 Å². The molecule has 0 amide bonds. The van der Waals surface area contributed by atoms with Gasteiger partial charge in [0.15, 0.2) is 0 Å². The Morgan fingerprint density at radius 3 is 2.89 bits per heavy atom. The molecule has 0 aromatic carbocycles. The SMILES string of the molecule is O=C(O)C1=COCCC1. The predicted molar refractivity (Wildman–Crippen MR) is 30.9 cm³/mol. The second kappa shape index (κ2) is 2.53. The Kier molecular flexibility index (Phi) is 1.72. The summed E-state index contributed by atoms with van der Waals surface area (Å²) in [5.41, 5.74) is 0.376. The maximum Gasteiger partial charge on any atom is 0.334 e. The van der Waals surface area contributed by atoms with Crippen LogP contribution >= 0.6 is 0 Å². The molecule has 1 aliphatic heterocycles. The molecule has 0 fully saturated rings. The van der Waals surface area contributed by atoms with Crippen molar-refractivity contribution in [3.8, 4) is 0 Å². The van der Waals surface area contributed by atoms with E-state index in [1.807, 2.05) is 0 Å². The second-order valence-electron chi connectivity index (χ2n) is 1.92. The minimum absolute atomic E-state index is 0.376. The highest BCUT2D eigenvalue weighted by molar-refractivity contribution is 5.86. The lowest BCUT2D eigenvalue weighted by Gasteiger charge is -2.08. The average molecular weight is 128 g/mol. The lowest BCUT2D eigenvalue weighted by atomic mass is 10.1. The van der Waals surface area contributed by atoms with E-state index in [9.17, 15) is 4.79 Å². The minimum Gasteiger partial charge on any atom is -0.501 e. The van der Waals surface area contributed by atoms with Gasteiger partial charge in [0.2, 0.25) is 0 Å². The van der Waals surface area contributed by atoms with Crippen molar-refractivity contribution in [1.29, 1.82) is 0 Å². The summed E-state index contributed by atoms with van der Waals surface area (Å²) >= 11 is 0. The van der Waals surface area contributed by atoms with Gasteiger partial charge in [-0.05, 0) is 12.8 Å². The number of aliphatic carboxylic acids is 1. The van der Waals surface area contributed by atoms with Crippen molar-refractivity contribution in [2.75, 3.05) is 6.61 Å². The molecule has 0 saturated carbocycles. The summed E-state index contributed by atoms with van der Waals surface area (Å²) in [4.78, 5) is 10.2. The van der Waals surface area contributed by atoms with Gasteiger partial charge in [-0.3, -0.25) is 0 Å². The summed E-state index contributed by atoms with van der Waals surface area (Å²) in [7, 11) is 0. The van der Waals surface area contributed by atoms with Crippen LogP contribution in [-0.2, 0) is 9.53 Å². The van der Waals surface area contributed by atoms with Gasteiger partial charge in [0.05, 0.1) is 18.4 Å². The number of carboxylic acids is 1. The van der Waals surface area contributed by atoms with Gasteiger partial charge in [0, 0.05) is 0 Å². The van der Waals surface area contributed by atoms with Crippen molar-refractivity contribution in [3.63, 3.8) is 0 Å². The average Bonchev–Trinajstić information content (AvgIpc) is 1.90. The summed E-state index contributed by atoms with van der Waals surface area (Å²) in [5.74, 6) is -0.866. The normalized spacial score (nSPS) is 18.0. The fraction of sp³-hybridized carbons (Fsp3) is 0.500. The molecule has 0 spiro atoms. The van der Waals surface area contributed by atoms with Crippen LogP contribution in [0.4, 0.5) is 0 Å². The van der Waals surface area contributed by atoms with Crippen LogP contribution < -0.4 is 0 Å². The van der Waals surface area contributed by atoms with Crippen LogP contribution in [0.1, 0.15) is 12.8 Å². The first-order valence-corrected chi connectivity index (χ1v) is 2.84. The Morgan fingerprint density at radius 1 is 1.78 bits per heavy atom. The monoisotopic (exact) mass is 128 g/mol. The summed E-state index contributed by atoms with van der Waals surface area (Å²) in [6, 6.07) is 0. The number of hydrogen-bond donors (Lipinski definition) is 1. The van der Waals surface area contributed by atoms with Crippen molar-refractivity contribution in [2.45, 2.75) is 12.8 Å². The van der Waals surface area contributed by atoms with Gasteiger partial charge in [0.1, 0.15) is 0 Å². The molecule has 1 heterocycles. The topological polar surface area (TPSA) is 46.5 Å². The van der Waals surface area contributed by atoms with Gasteiger partial charge in [-0.1, -0.05) is 0 Å². The van der Waals surface area contributed by atoms with E-state index in [1.165, 1.54) is 6.26 Å². The minimum atomic E-state index is -0.866. The molecular formula is C6H8O3. The standard InChI is InChI=1S/C6H8O3/c7-6(8)5-2-1-3-9-4-5/h4H,1-3H2,(H,7,8). The van der Waals surface area contributed by atoms with Gasteiger partial charge < -0.3 is 9.84 Å². The summed E-state index contributed by atoms with van der Waals surface area (Å²) in [5, 5.41) is 8.39. The Balaban J connectivity index is 2.57. The van der Waals surface area contributed by atoms with Crippen molar-refractivity contribution in [3.05, 3.63) is 11.8 Å². The fourth-order valence-electron chi connectivity index (χ4n) is 0.722. The first kappa shape index (κ1) is 6.13. The second-order valence-corrected chi connectivity index (χ2v) is 1.92. The highest BCUT2D eigenvalue weighted by Gasteiger charge is 2.10. The van der Waals surface area contributed by atoms with Crippen LogP contribution in [0.2, 0.25) is 0 Å². The number of hydrogen-bond acceptors (Lipinski definition) is 2. The molecule has 9 heavy (non-hydrogen) atoms. The quantitative estimate of drug-likeness (QED) is 0.567. The molecule has 3 nitrogen and oxygen atoms in total. The van der Waals surface area contributed by atoms with E-state index in [-0.39, 0.29) is 0 Å². The van der Waals surface area contributed by atoms with Crippen LogP contribution in [0, 0.1) is 0 Å². The van der Waals surface area contributed by atoms with Crippen molar-refractivity contribution in [2.24, 2.45) is 0 Å². The molecule has 0 aliphatic carbocycles. The maximum atomic E-state index is 10.2. The highest BCUT2D eigenvalue weighted by atomic mass is 16.5. The summed E-state index contributed by atoms with van der Waals surface area (Å²) in [6.45, 7) is 0.650. The van der Waals surface area contributed by atoms with E-state index in [1.54, 1.807) is 0 Å². The van der Waals surface area contributed by atoms with E-state index < -0.39 is 5.97 Å². The zero-order chi connectivity index (χ0) is 6.69. The molecule has 0 aromatic rings. The Hall–Kier alpha value is -0.990. The van der Waals surface area contributed by atoms with Gasteiger partial charge in [0.25, 0.3) is 0 Å². The molecular weight excluding hydrogens is 120 g/mol. The molecule has 1 N–H and O–H groups in total. The molecule has 0 unspecified atom stereocenters. The predicted octanol–water partition coefficient (Wildman–Crippen LogP) is 0.765.